The molecule has 1 heterocycles. The maximum atomic E-state index is 4.54. The van der Waals surface area contributed by atoms with Gasteiger partial charge in [0.15, 0.2) is 0 Å². The summed E-state index contributed by atoms with van der Waals surface area (Å²) in [5, 5.41) is 5.01. The van der Waals surface area contributed by atoms with Gasteiger partial charge in [-0.1, -0.05) is 60.7 Å². The molecule has 1 aromatic heterocycles. The van der Waals surface area contributed by atoms with Crippen LogP contribution in [0.3, 0.4) is 0 Å². The molecule has 4 aromatic carbocycles. The smallest absolute Gasteiger partial charge is 0.112 e. The van der Waals surface area contributed by atoms with Crippen molar-refractivity contribution in [2.75, 3.05) is 0 Å². The second-order valence-electron chi connectivity index (χ2n) is 5.63. The highest BCUT2D eigenvalue weighted by atomic mass is 32.1. The minimum atomic E-state index is 0.963. The summed E-state index contributed by atoms with van der Waals surface area (Å²) in [6.45, 7) is 0. The first-order valence-electron chi connectivity index (χ1n) is 7.54. The Morgan fingerprint density at radius 1 is 0.652 bits per heavy atom. The summed E-state index contributed by atoms with van der Waals surface area (Å²) >= 11 is 1.27. The molecule has 0 saturated carbocycles. The van der Waals surface area contributed by atoms with Crippen LogP contribution in [0.1, 0.15) is 0 Å². The van der Waals surface area contributed by atoms with Gasteiger partial charge in [0, 0.05) is 5.56 Å². The van der Waals surface area contributed by atoms with Gasteiger partial charge in [-0.05, 0) is 39.2 Å². The average Bonchev–Trinajstić information content (AvgIpc) is 3.08. The van der Waals surface area contributed by atoms with Gasteiger partial charge in [-0.2, -0.15) is 8.75 Å². The van der Waals surface area contributed by atoms with E-state index in [0.717, 1.165) is 16.6 Å². The highest BCUT2D eigenvalue weighted by Crippen LogP contribution is 2.38. The highest BCUT2D eigenvalue weighted by Gasteiger charge is 2.13. The summed E-state index contributed by atoms with van der Waals surface area (Å²) in [7, 11) is 0. The quantitative estimate of drug-likeness (QED) is 0.373. The van der Waals surface area contributed by atoms with Gasteiger partial charge in [0.05, 0.1) is 11.7 Å². The molecule has 5 aromatic rings. The monoisotopic (exact) mass is 312 g/mol. The summed E-state index contributed by atoms with van der Waals surface area (Å²) in [4.78, 5) is 0. The summed E-state index contributed by atoms with van der Waals surface area (Å²) in [6, 6.07) is 25.6. The molecule has 108 valence electrons. The average molecular weight is 312 g/mol. The van der Waals surface area contributed by atoms with Gasteiger partial charge in [-0.25, -0.2) is 0 Å². The van der Waals surface area contributed by atoms with Gasteiger partial charge in [-0.15, -0.1) is 0 Å². The van der Waals surface area contributed by atoms with Gasteiger partial charge >= 0.3 is 0 Å². The van der Waals surface area contributed by atoms with Gasteiger partial charge < -0.3 is 0 Å². The van der Waals surface area contributed by atoms with Gasteiger partial charge in [0.25, 0.3) is 0 Å². The van der Waals surface area contributed by atoms with E-state index in [1.807, 2.05) is 6.07 Å². The summed E-state index contributed by atoms with van der Waals surface area (Å²) in [5.41, 5.74) is 4.35. The standard InChI is InChI=1S/C20H12N2S/c1-3-8-15-13(6-1)12-14-7-2-4-9-16(14)19(15)17-10-5-11-18-20(17)22-23-21-18/h1-12H. The molecule has 0 N–H and O–H groups in total. The molecule has 2 nitrogen and oxygen atoms in total. The van der Waals surface area contributed by atoms with Crippen LogP contribution in [-0.2, 0) is 0 Å². The lowest BCUT2D eigenvalue weighted by atomic mass is 9.91. The lowest BCUT2D eigenvalue weighted by Gasteiger charge is -2.12. The first-order chi connectivity index (χ1) is 11.4. The van der Waals surface area contributed by atoms with Crippen molar-refractivity contribution < 1.29 is 0 Å². The van der Waals surface area contributed by atoms with Crippen LogP contribution in [-0.4, -0.2) is 8.75 Å². The summed E-state index contributed by atoms with van der Waals surface area (Å²) in [6.07, 6.45) is 0. The van der Waals surface area contributed by atoms with E-state index in [9.17, 15) is 0 Å². The van der Waals surface area contributed by atoms with E-state index >= 15 is 0 Å². The SMILES string of the molecule is c1ccc2c(-c3cccc4nsnc34)c3ccccc3cc2c1. The van der Waals surface area contributed by atoms with Crippen LogP contribution in [0.25, 0.3) is 43.7 Å². The summed E-state index contributed by atoms with van der Waals surface area (Å²) < 4.78 is 8.93. The fraction of sp³-hybridized carbons (Fsp3) is 0. The zero-order chi connectivity index (χ0) is 15.2. The van der Waals surface area contributed by atoms with Crippen molar-refractivity contribution in [2.45, 2.75) is 0 Å². The van der Waals surface area contributed by atoms with Crippen LogP contribution in [0.4, 0.5) is 0 Å². The molecule has 0 spiro atoms. The van der Waals surface area contributed by atoms with Crippen LogP contribution in [0.2, 0.25) is 0 Å². The van der Waals surface area contributed by atoms with Crippen LogP contribution in [0.15, 0.2) is 72.8 Å². The number of rotatable bonds is 1. The van der Waals surface area contributed by atoms with Crippen molar-refractivity contribution >= 4 is 44.3 Å². The largest absolute Gasteiger partial charge is 0.173 e. The third-order valence-corrected chi connectivity index (χ3v) is 4.87. The number of nitrogens with zero attached hydrogens (tertiary/aromatic N) is 2. The molecule has 0 fully saturated rings. The predicted octanol–water partition coefficient (Wildman–Crippen LogP) is 5.66. The molecule has 0 radical (unpaired) electrons. The number of hydrogen-bond acceptors (Lipinski definition) is 3. The van der Waals surface area contributed by atoms with Crippen molar-refractivity contribution in [3.63, 3.8) is 0 Å². The Morgan fingerprint density at radius 3 is 2.09 bits per heavy atom. The zero-order valence-corrected chi connectivity index (χ0v) is 13.0. The Labute approximate surface area is 137 Å². The first kappa shape index (κ1) is 12.7. The molecule has 0 unspecified atom stereocenters. The topological polar surface area (TPSA) is 25.8 Å². The van der Waals surface area contributed by atoms with E-state index < -0.39 is 0 Å². The molecule has 0 aliphatic rings. The second-order valence-corrected chi connectivity index (χ2v) is 6.16. The van der Waals surface area contributed by atoms with E-state index in [2.05, 4.69) is 75.5 Å². The van der Waals surface area contributed by atoms with Crippen molar-refractivity contribution in [2.24, 2.45) is 0 Å². The van der Waals surface area contributed by atoms with Gasteiger partial charge in [0.2, 0.25) is 0 Å². The fourth-order valence-electron chi connectivity index (χ4n) is 3.31. The van der Waals surface area contributed by atoms with Gasteiger partial charge in [0.1, 0.15) is 11.0 Å². The lowest BCUT2D eigenvalue weighted by Crippen LogP contribution is -1.87. The third-order valence-electron chi connectivity index (χ3n) is 4.33. The number of benzene rings is 4. The van der Waals surface area contributed by atoms with Crippen LogP contribution >= 0.6 is 11.7 Å². The van der Waals surface area contributed by atoms with E-state index in [4.69, 9.17) is 0 Å². The molecule has 0 atom stereocenters. The maximum Gasteiger partial charge on any atom is 0.112 e. The zero-order valence-electron chi connectivity index (χ0n) is 12.2. The molecular formula is C20H12N2S. The van der Waals surface area contributed by atoms with Crippen LogP contribution in [0, 0.1) is 0 Å². The van der Waals surface area contributed by atoms with Crippen molar-refractivity contribution in [1.82, 2.24) is 8.75 Å². The normalized spacial score (nSPS) is 11.5. The summed E-state index contributed by atoms with van der Waals surface area (Å²) in [5.74, 6) is 0. The Hall–Kier alpha value is -2.78. The lowest BCUT2D eigenvalue weighted by molar-refractivity contribution is 1.63. The van der Waals surface area contributed by atoms with E-state index in [0.29, 0.717) is 0 Å². The molecule has 0 bridgehead atoms. The van der Waals surface area contributed by atoms with E-state index in [1.54, 1.807) is 0 Å². The Balaban J connectivity index is 2.05. The van der Waals surface area contributed by atoms with Crippen molar-refractivity contribution in [1.29, 1.82) is 0 Å². The number of hydrogen-bond donors (Lipinski definition) is 0. The number of fused-ring (bicyclic) bond motifs is 3. The molecule has 0 saturated heterocycles. The Morgan fingerprint density at radius 2 is 1.35 bits per heavy atom. The first-order valence-corrected chi connectivity index (χ1v) is 8.27. The Kier molecular flexibility index (Phi) is 2.69. The maximum absolute atomic E-state index is 4.54. The second kappa shape index (κ2) is 4.86. The Bertz CT molecular complexity index is 1120. The highest BCUT2D eigenvalue weighted by molar-refractivity contribution is 7.00. The fourth-order valence-corrected chi connectivity index (χ4v) is 3.86. The number of aromatic nitrogens is 2. The molecule has 23 heavy (non-hydrogen) atoms. The van der Waals surface area contributed by atoms with Crippen molar-refractivity contribution in [3.05, 3.63) is 72.8 Å². The molecule has 3 heteroatoms. The molecule has 5 rings (SSSR count). The van der Waals surface area contributed by atoms with Crippen LogP contribution < -0.4 is 0 Å². The van der Waals surface area contributed by atoms with E-state index in [-0.39, 0.29) is 0 Å². The van der Waals surface area contributed by atoms with Gasteiger partial charge in [-0.3, -0.25) is 0 Å². The minimum absolute atomic E-state index is 0.963. The van der Waals surface area contributed by atoms with Crippen LogP contribution in [0.5, 0.6) is 0 Å². The molecular weight excluding hydrogens is 300 g/mol. The molecule has 0 amide bonds. The van der Waals surface area contributed by atoms with E-state index in [1.165, 1.54) is 38.8 Å². The molecule has 0 aliphatic carbocycles. The molecule has 0 aliphatic heterocycles. The van der Waals surface area contributed by atoms with Crippen molar-refractivity contribution in [3.8, 4) is 11.1 Å². The minimum Gasteiger partial charge on any atom is -0.173 e. The predicted molar refractivity (Wildman–Crippen MR) is 97.9 cm³/mol. The third kappa shape index (κ3) is 1.87.